The van der Waals surface area contributed by atoms with Crippen LogP contribution >= 0.6 is 11.3 Å². The molecule has 1 saturated heterocycles. The zero-order valence-corrected chi connectivity index (χ0v) is 16.7. The number of carbonyl (C=O) groups is 1. The highest BCUT2D eigenvalue weighted by atomic mass is 32.1. The molecule has 1 amide bonds. The van der Waals surface area contributed by atoms with Crippen molar-refractivity contribution < 1.29 is 9.21 Å². The Kier molecular flexibility index (Phi) is 6.86. The van der Waals surface area contributed by atoms with Gasteiger partial charge in [0.05, 0.1) is 11.4 Å². The number of piperidine rings is 1. The SMILES string of the molecule is CCNC(=NCc1coc(-c2cccs2)n1)N1CCC(CC(=O)NC)CC1. The zero-order valence-electron chi connectivity index (χ0n) is 15.9. The first-order valence-corrected chi connectivity index (χ1v) is 10.3. The van der Waals surface area contributed by atoms with Gasteiger partial charge in [-0.25, -0.2) is 9.98 Å². The largest absolute Gasteiger partial charge is 0.443 e. The molecule has 0 unspecified atom stereocenters. The maximum Gasteiger partial charge on any atom is 0.236 e. The van der Waals surface area contributed by atoms with Crippen LogP contribution in [0.1, 0.15) is 31.9 Å². The fourth-order valence-corrected chi connectivity index (χ4v) is 3.84. The topological polar surface area (TPSA) is 82.8 Å². The number of carbonyl (C=O) groups excluding carboxylic acids is 1. The number of guanidine groups is 1. The van der Waals surface area contributed by atoms with Gasteiger partial charge in [-0.3, -0.25) is 4.79 Å². The summed E-state index contributed by atoms with van der Waals surface area (Å²) in [6.07, 6.45) is 4.30. The quantitative estimate of drug-likeness (QED) is 0.586. The fraction of sp³-hybridized carbons (Fsp3) is 0.526. The van der Waals surface area contributed by atoms with Crippen LogP contribution in [-0.2, 0) is 11.3 Å². The van der Waals surface area contributed by atoms with Crippen LogP contribution in [0.3, 0.4) is 0 Å². The van der Waals surface area contributed by atoms with Gasteiger partial charge in [0.25, 0.3) is 0 Å². The highest BCUT2D eigenvalue weighted by Crippen LogP contribution is 2.24. The Morgan fingerprint density at radius 3 is 2.93 bits per heavy atom. The van der Waals surface area contributed by atoms with Crippen molar-refractivity contribution in [3.63, 3.8) is 0 Å². The molecule has 1 aliphatic rings. The molecule has 3 heterocycles. The first-order valence-electron chi connectivity index (χ1n) is 9.41. The minimum Gasteiger partial charge on any atom is -0.443 e. The van der Waals surface area contributed by atoms with Crippen LogP contribution in [0.2, 0.25) is 0 Å². The van der Waals surface area contributed by atoms with E-state index in [0.717, 1.165) is 49.0 Å². The molecule has 2 aromatic rings. The van der Waals surface area contributed by atoms with Crippen molar-refractivity contribution in [2.75, 3.05) is 26.7 Å². The van der Waals surface area contributed by atoms with Crippen LogP contribution in [0.15, 0.2) is 33.2 Å². The maximum atomic E-state index is 11.6. The summed E-state index contributed by atoms with van der Waals surface area (Å²) in [7, 11) is 1.70. The number of thiophene rings is 1. The van der Waals surface area contributed by atoms with E-state index in [9.17, 15) is 4.79 Å². The van der Waals surface area contributed by atoms with Gasteiger partial charge < -0.3 is 20.0 Å². The number of amides is 1. The average molecular weight is 390 g/mol. The van der Waals surface area contributed by atoms with Gasteiger partial charge in [-0.2, -0.15) is 0 Å². The van der Waals surface area contributed by atoms with E-state index in [1.54, 1.807) is 24.6 Å². The van der Waals surface area contributed by atoms with Gasteiger partial charge >= 0.3 is 0 Å². The van der Waals surface area contributed by atoms with E-state index in [-0.39, 0.29) is 5.91 Å². The molecule has 146 valence electrons. The molecule has 0 aromatic carbocycles. The van der Waals surface area contributed by atoms with Crippen molar-refractivity contribution in [1.29, 1.82) is 0 Å². The molecule has 0 bridgehead atoms. The molecule has 0 aliphatic carbocycles. The monoisotopic (exact) mass is 389 g/mol. The number of aromatic nitrogens is 1. The van der Waals surface area contributed by atoms with Gasteiger partial charge in [0, 0.05) is 33.1 Å². The van der Waals surface area contributed by atoms with Gasteiger partial charge in [-0.05, 0) is 37.1 Å². The highest BCUT2D eigenvalue weighted by Gasteiger charge is 2.23. The Balaban J connectivity index is 1.58. The van der Waals surface area contributed by atoms with E-state index in [1.165, 1.54) is 0 Å². The summed E-state index contributed by atoms with van der Waals surface area (Å²) in [5.74, 6) is 2.13. The van der Waals surface area contributed by atoms with Gasteiger partial charge in [0.15, 0.2) is 5.96 Å². The normalized spacial score (nSPS) is 15.8. The van der Waals surface area contributed by atoms with E-state index < -0.39 is 0 Å². The number of nitrogens with zero attached hydrogens (tertiary/aromatic N) is 3. The van der Waals surface area contributed by atoms with E-state index in [4.69, 9.17) is 9.41 Å². The van der Waals surface area contributed by atoms with Crippen LogP contribution in [-0.4, -0.2) is 48.4 Å². The molecule has 0 atom stereocenters. The van der Waals surface area contributed by atoms with Gasteiger partial charge in [0.1, 0.15) is 12.0 Å². The molecule has 3 rings (SSSR count). The number of oxazole rings is 1. The summed E-state index contributed by atoms with van der Waals surface area (Å²) in [6.45, 7) is 5.18. The maximum absolute atomic E-state index is 11.6. The molecular weight excluding hydrogens is 362 g/mol. The predicted molar refractivity (Wildman–Crippen MR) is 108 cm³/mol. The minimum absolute atomic E-state index is 0.126. The third-order valence-electron chi connectivity index (χ3n) is 4.68. The number of likely N-dealkylation sites (tertiary alicyclic amines) is 1. The third kappa shape index (κ3) is 5.32. The van der Waals surface area contributed by atoms with E-state index in [2.05, 4.69) is 27.4 Å². The lowest BCUT2D eigenvalue weighted by Gasteiger charge is -2.34. The lowest BCUT2D eigenvalue weighted by atomic mass is 9.93. The second kappa shape index (κ2) is 9.55. The molecule has 0 radical (unpaired) electrons. The Morgan fingerprint density at radius 1 is 1.44 bits per heavy atom. The Hall–Kier alpha value is -2.35. The number of hydrogen-bond donors (Lipinski definition) is 2. The summed E-state index contributed by atoms with van der Waals surface area (Å²) >= 11 is 1.61. The van der Waals surface area contributed by atoms with Crippen molar-refractivity contribution in [3.8, 4) is 10.8 Å². The zero-order chi connectivity index (χ0) is 19.1. The minimum atomic E-state index is 0.126. The van der Waals surface area contributed by atoms with Crippen molar-refractivity contribution in [2.45, 2.75) is 32.7 Å². The van der Waals surface area contributed by atoms with Crippen LogP contribution in [0, 0.1) is 5.92 Å². The first-order chi connectivity index (χ1) is 13.2. The molecule has 8 heteroatoms. The molecule has 0 spiro atoms. The summed E-state index contributed by atoms with van der Waals surface area (Å²) in [5, 5.41) is 8.09. The second-order valence-electron chi connectivity index (χ2n) is 6.60. The lowest BCUT2D eigenvalue weighted by molar-refractivity contribution is -0.121. The number of rotatable bonds is 6. The number of aliphatic imine (C=N–C) groups is 1. The first kappa shape index (κ1) is 19.4. The third-order valence-corrected chi connectivity index (χ3v) is 5.53. The highest BCUT2D eigenvalue weighted by molar-refractivity contribution is 7.13. The number of hydrogen-bond acceptors (Lipinski definition) is 5. The second-order valence-corrected chi connectivity index (χ2v) is 7.55. The fourth-order valence-electron chi connectivity index (χ4n) is 3.19. The van der Waals surface area contributed by atoms with Crippen LogP contribution in [0.25, 0.3) is 10.8 Å². The summed E-state index contributed by atoms with van der Waals surface area (Å²) < 4.78 is 5.57. The van der Waals surface area contributed by atoms with Crippen molar-refractivity contribution in [1.82, 2.24) is 20.5 Å². The molecule has 1 fully saturated rings. The van der Waals surface area contributed by atoms with Crippen molar-refractivity contribution >= 4 is 23.2 Å². The standard InChI is InChI=1S/C19H27N5O2S/c1-3-21-19(24-8-6-14(7-9-24)11-17(25)20-2)22-12-15-13-26-18(23-15)16-5-4-10-27-16/h4-5,10,13-14H,3,6-9,11-12H2,1-2H3,(H,20,25)(H,21,22). The summed E-state index contributed by atoms with van der Waals surface area (Å²) in [6, 6.07) is 3.98. The van der Waals surface area contributed by atoms with Gasteiger partial charge in [-0.1, -0.05) is 6.07 Å². The smallest absolute Gasteiger partial charge is 0.236 e. The van der Waals surface area contributed by atoms with Crippen LogP contribution < -0.4 is 10.6 Å². The Morgan fingerprint density at radius 2 is 2.26 bits per heavy atom. The molecule has 27 heavy (non-hydrogen) atoms. The lowest BCUT2D eigenvalue weighted by Crippen LogP contribution is -2.46. The molecule has 2 aromatic heterocycles. The molecule has 7 nitrogen and oxygen atoms in total. The van der Waals surface area contributed by atoms with Crippen LogP contribution in [0.4, 0.5) is 0 Å². The number of nitrogens with one attached hydrogen (secondary N) is 2. The molecule has 1 aliphatic heterocycles. The average Bonchev–Trinajstić information content (AvgIpc) is 3.37. The van der Waals surface area contributed by atoms with Crippen molar-refractivity contribution in [3.05, 3.63) is 29.5 Å². The van der Waals surface area contributed by atoms with Crippen LogP contribution in [0.5, 0.6) is 0 Å². The Bertz CT molecular complexity index is 748. The van der Waals surface area contributed by atoms with E-state index >= 15 is 0 Å². The van der Waals surface area contributed by atoms with Crippen molar-refractivity contribution in [2.24, 2.45) is 10.9 Å². The molecule has 2 N–H and O–H groups in total. The summed E-state index contributed by atoms with van der Waals surface area (Å²) in [5.41, 5.74) is 0.823. The van der Waals surface area contributed by atoms with E-state index in [0.29, 0.717) is 24.8 Å². The van der Waals surface area contributed by atoms with Gasteiger partial charge in [0.2, 0.25) is 11.8 Å². The summed E-state index contributed by atoms with van der Waals surface area (Å²) in [4.78, 5) is 24.1. The van der Waals surface area contributed by atoms with Gasteiger partial charge in [-0.15, -0.1) is 11.3 Å². The predicted octanol–water partition coefficient (Wildman–Crippen LogP) is 2.72. The Labute approximate surface area is 163 Å². The molecular formula is C19H27N5O2S. The molecule has 0 saturated carbocycles. The van der Waals surface area contributed by atoms with E-state index in [1.807, 2.05) is 17.5 Å².